The van der Waals surface area contributed by atoms with Crippen LogP contribution in [0.5, 0.6) is 0 Å². The Hall–Kier alpha value is -1.09. The Morgan fingerprint density at radius 1 is 0.622 bits per heavy atom. The molecule has 0 amide bonds. The fraction of sp³-hybridized carbons (Fsp3) is 0.857. The number of carboxylic acids is 2. The Kier molecular flexibility index (Phi) is 34.0. The standard InChI is InChI=1S/2C8H17O.2C6H10O3.Ti/c2*1-3-5-6-8(4-2)7-9;2*1-2-3-5(7)4-6(8)9;/h2*8H,3-7H2,1-2H3;2*2-4H2,1H3,(H,8,9);/q2*-1;;;+4/p-2. The molecule has 0 aromatic heterocycles. The summed E-state index contributed by atoms with van der Waals surface area (Å²) in [7, 11) is 0. The second kappa shape index (κ2) is 31.1. The van der Waals surface area contributed by atoms with Crippen LogP contribution in [0, 0.1) is 11.8 Å². The average Bonchev–Trinajstić information content (AvgIpc) is 2.83. The van der Waals surface area contributed by atoms with Crippen molar-refractivity contribution in [3.8, 4) is 0 Å². The van der Waals surface area contributed by atoms with Crippen LogP contribution in [0.2, 0.25) is 0 Å². The fourth-order valence-corrected chi connectivity index (χ4v) is 4.28. The van der Waals surface area contributed by atoms with Crippen LogP contribution >= 0.6 is 0 Å². The number of carbonyl (C=O) groups excluding carboxylic acids is 4. The van der Waals surface area contributed by atoms with E-state index in [0.29, 0.717) is 25.7 Å². The van der Waals surface area contributed by atoms with E-state index < -0.39 is 44.7 Å². The molecule has 0 heterocycles. The maximum atomic E-state index is 10.4. The van der Waals surface area contributed by atoms with Gasteiger partial charge in [-0.05, 0) is 12.8 Å². The van der Waals surface area contributed by atoms with Gasteiger partial charge >= 0.3 is 131 Å². The van der Waals surface area contributed by atoms with Gasteiger partial charge in [-0.2, -0.15) is 0 Å². The molecule has 0 saturated carbocycles. The SMILES string of the molecule is CCCC(=O)CC(=O)[O-].CCCC(=O)CC(=O)[O-].CCCCC(CC)C[O][Ti+2][O]CC(CC)CCCC. The molecule has 0 saturated heterocycles. The number of hydrogen-bond acceptors (Lipinski definition) is 8. The van der Waals surface area contributed by atoms with Crippen LogP contribution in [-0.2, 0) is 45.7 Å². The van der Waals surface area contributed by atoms with E-state index >= 15 is 0 Å². The van der Waals surface area contributed by atoms with Crippen LogP contribution in [-0.4, -0.2) is 36.7 Å². The van der Waals surface area contributed by atoms with Crippen LogP contribution in [0.25, 0.3) is 0 Å². The molecule has 0 aromatic carbocycles. The van der Waals surface area contributed by atoms with Gasteiger partial charge in [0.25, 0.3) is 0 Å². The quantitative estimate of drug-likeness (QED) is 0.108. The Balaban J connectivity index is -0.000000534. The predicted octanol–water partition coefficient (Wildman–Crippen LogP) is 4.36. The maximum absolute atomic E-state index is 10.4. The van der Waals surface area contributed by atoms with E-state index in [1.54, 1.807) is 0 Å². The summed E-state index contributed by atoms with van der Waals surface area (Å²) >= 11 is -0.618. The number of rotatable bonds is 22. The Morgan fingerprint density at radius 3 is 1.22 bits per heavy atom. The molecule has 216 valence electrons. The minimum atomic E-state index is -1.28. The number of ketones is 2. The first-order chi connectivity index (χ1) is 17.6. The van der Waals surface area contributed by atoms with Gasteiger partial charge in [-0.15, -0.1) is 0 Å². The molecular weight excluding hydrogens is 512 g/mol. The number of carboxylic acid groups (broad SMARTS) is 2. The van der Waals surface area contributed by atoms with Crippen molar-refractivity contribution in [1.82, 2.24) is 0 Å². The summed E-state index contributed by atoms with van der Waals surface area (Å²) in [5.74, 6) is -1.58. The van der Waals surface area contributed by atoms with E-state index in [9.17, 15) is 29.4 Å². The third-order valence-corrected chi connectivity index (χ3v) is 6.47. The number of carbonyl (C=O) groups is 4. The number of Topliss-reactive ketones (excluding diaryl/α,β-unsaturated/α-hetero) is 2. The van der Waals surface area contributed by atoms with Crippen LogP contribution in [0.1, 0.15) is 131 Å². The molecule has 9 heteroatoms. The molecule has 2 atom stereocenters. The first-order valence-corrected chi connectivity index (χ1v) is 15.3. The van der Waals surface area contributed by atoms with Crippen molar-refractivity contribution in [2.24, 2.45) is 11.8 Å². The zero-order valence-corrected chi connectivity index (χ0v) is 25.8. The van der Waals surface area contributed by atoms with Gasteiger partial charge in [0.05, 0.1) is 0 Å². The molecule has 0 spiro atoms. The topological polar surface area (TPSA) is 133 Å². The monoisotopic (exact) mass is 564 g/mol. The summed E-state index contributed by atoms with van der Waals surface area (Å²) in [6, 6.07) is 0. The Morgan fingerprint density at radius 2 is 0.973 bits per heavy atom. The van der Waals surface area contributed by atoms with Gasteiger partial charge in [-0.25, -0.2) is 0 Å². The van der Waals surface area contributed by atoms with Crippen molar-refractivity contribution in [2.75, 3.05) is 13.2 Å². The minimum absolute atomic E-state index is 0.252. The van der Waals surface area contributed by atoms with Gasteiger partial charge < -0.3 is 19.8 Å². The summed E-state index contributed by atoms with van der Waals surface area (Å²) in [5, 5.41) is 19.5. The average molecular weight is 565 g/mol. The molecule has 8 nitrogen and oxygen atoms in total. The van der Waals surface area contributed by atoms with Crippen molar-refractivity contribution in [1.29, 1.82) is 0 Å². The van der Waals surface area contributed by atoms with E-state index in [4.69, 9.17) is 6.64 Å². The molecule has 0 rings (SSSR count). The van der Waals surface area contributed by atoms with Crippen molar-refractivity contribution >= 4 is 23.5 Å². The van der Waals surface area contributed by atoms with Gasteiger partial charge in [-0.1, -0.05) is 13.8 Å². The Labute approximate surface area is 235 Å². The van der Waals surface area contributed by atoms with Crippen LogP contribution < -0.4 is 10.2 Å². The van der Waals surface area contributed by atoms with Crippen LogP contribution in [0.3, 0.4) is 0 Å². The number of aliphatic carboxylic acids is 2. The summed E-state index contributed by atoms with van der Waals surface area (Å²) in [6.07, 6.45) is 11.6. The first kappa shape index (κ1) is 40.4. The van der Waals surface area contributed by atoms with Gasteiger partial charge in [0.2, 0.25) is 0 Å². The van der Waals surface area contributed by atoms with E-state index in [1.165, 1.54) is 51.4 Å². The third kappa shape index (κ3) is 34.9. The molecule has 0 aliphatic carbocycles. The molecule has 0 N–H and O–H groups in total. The molecule has 2 unspecified atom stereocenters. The van der Waals surface area contributed by atoms with E-state index in [1.807, 2.05) is 13.8 Å². The zero-order valence-electron chi connectivity index (χ0n) is 24.2. The van der Waals surface area contributed by atoms with Crippen molar-refractivity contribution in [2.45, 2.75) is 131 Å². The van der Waals surface area contributed by atoms with Gasteiger partial charge in [0.15, 0.2) is 0 Å². The fourth-order valence-electron chi connectivity index (χ4n) is 3.20. The third-order valence-electron chi connectivity index (χ3n) is 5.58. The van der Waals surface area contributed by atoms with Gasteiger partial charge in [0.1, 0.15) is 11.6 Å². The summed E-state index contributed by atoms with van der Waals surface area (Å²) in [4.78, 5) is 40.4. The second-order valence-corrected chi connectivity index (χ2v) is 10.4. The summed E-state index contributed by atoms with van der Waals surface area (Å²) in [6.45, 7) is 14.5. The van der Waals surface area contributed by atoms with Crippen molar-refractivity contribution < 1.29 is 56.0 Å². The summed E-state index contributed by atoms with van der Waals surface area (Å²) < 4.78 is 11.6. The van der Waals surface area contributed by atoms with Crippen molar-refractivity contribution in [3.63, 3.8) is 0 Å². The molecular formula is C28H52O8Ti. The first-order valence-electron chi connectivity index (χ1n) is 14.0. The van der Waals surface area contributed by atoms with Gasteiger partial charge in [0, 0.05) is 37.6 Å². The van der Waals surface area contributed by atoms with Gasteiger partial charge in [-0.3, -0.25) is 9.59 Å². The number of unbranched alkanes of at least 4 members (excludes halogenated alkanes) is 2. The predicted molar refractivity (Wildman–Crippen MR) is 138 cm³/mol. The van der Waals surface area contributed by atoms with E-state index in [0.717, 1.165) is 25.0 Å². The van der Waals surface area contributed by atoms with Crippen molar-refractivity contribution in [3.05, 3.63) is 0 Å². The molecule has 0 bridgehead atoms. The molecule has 37 heavy (non-hydrogen) atoms. The molecule has 0 aliphatic heterocycles. The molecule has 0 radical (unpaired) electrons. The second-order valence-electron chi connectivity index (χ2n) is 9.21. The molecule has 0 fully saturated rings. The molecule has 0 aliphatic rings. The number of hydrogen-bond donors (Lipinski definition) is 0. The zero-order chi connectivity index (χ0) is 28.9. The van der Waals surface area contributed by atoms with E-state index in [-0.39, 0.29) is 11.6 Å². The van der Waals surface area contributed by atoms with Crippen LogP contribution in [0.4, 0.5) is 0 Å². The van der Waals surface area contributed by atoms with E-state index in [2.05, 4.69) is 27.7 Å². The summed E-state index contributed by atoms with van der Waals surface area (Å²) in [5.41, 5.74) is 0. The normalized spacial score (nSPS) is 11.6. The Bertz CT molecular complexity index is 520. The van der Waals surface area contributed by atoms with Crippen LogP contribution in [0.15, 0.2) is 0 Å². The molecule has 0 aromatic rings.